The zero-order chi connectivity index (χ0) is 16.8. The molecular formula is C17H25NO4. The lowest BCUT2D eigenvalue weighted by molar-refractivity contribution is -0.148. The number of hydrogen-bond acceptors (Lipinski definition) is 4. The third kappa shape index (κ3) is 5.76. The van der Waals surface area contributed by atoms with Gasteiger partial charge in [0, 0.05) is 0 Å². The van der Waals surface area contributed by atoms with Gasteiger partial charge in [0.2, 0.25) is 0 Å². The van der Waals surface area contributed by atoms with E-state index in [1.807, 2.05) is 30.3 Å². The van der Waals surface area contributed by atoms with Crippen LogP contribution >= 0.6 is 0 Å². The van der Waals surface area contributed by atoms with E-state index < -0.39 is 23.2 Å². The third-order valence-corrected chi connectivity index (χ3v) is 3.17. The highest BCUT2D eigenvalue weighted by atomic mass is 16.6. The number of benzene rings is 1. The van der Waals surface area contributed by atoms with Crippen LogP contribution in [0.2, 0.25) is 0 Å². The fourth-order valence-corrected chi connectivity index (χ4v) is 2.01. The molecule has 0 saturated heterocycles. The number of methoxy groups -OCH3 is 1. The van der Waals surface area contributed by atoms with Crippen LogP contribution in [-0.2, 0) is 20.7 Å². The van der Waals surface area contributed by atoms with Crippen LogP contribution < -0.4 is 5.32 Å². The molecule has 22 heavy (non-hydrogen) atoms. The minimum absolute atomic E-state index is 0.420. The Labute approximate surface area is 132 Å². The Kier molecular flexibility index (Phi) is 5.97. The maximum absolute atomic E-state index is 12.1. The van der Waals surface area contributed by atoms with E-state index in [-0.39, 0.29) is 0 Å². The summed E-state index contributed by atoms with van der Waals surface area (Å²) in [6.45, 7) is 6.95. The van der Waals surface area contributed by atoms with Crippen LogP contribution in [0.3, 0.4) is 0 Å². The first-order chi connectivity index (χ1) is 10.2. The van der Waals surface area contributed by atoms with Crippen molar-refractivity contribution in [3.8, 4) is 0 Å². The lowest BCUT2D eigenvalue weighted by Gasteiger charge is -2.29. The number of carbonyl (C=O) groups is 2. The van der Waals surface area contributed by atoms with E-state index in [1.54, 1.807) is 27.7 Å². The van der Waals surface area contributed by atoms with E-state index in [2.05, 4.69) is 5.32 Å². The Balaban J connectivity index is 2.77. The average Bonchev–Trinajstić information content (AvgIpc) is 2.43. The first kappa shape index (κ1) is 18.0. The highest BCUT2D eigenvalue weighted by Gasteiger charge is 2.37. The van der Waals surface area contributed by atoms with E-state index in [4.69, 9.17) is 9.47 Å². The molecule has 1 N–H and O–H groups in total. The first-order valence-corrected chi connectivity index (χ1v) is 7.30. The second-order valence-electron chi connectivity index (χ2n) is 6.44. The molecule has 0 aliphatic carbocycles. The van der Waals surface area contributed by atoms with Crippen molar-refractivity contribution in [3.63, 3.8) is 0 Å². The predicted octanol–water partition coefficient (Wildman–Crippen LogP) is 3.08. The fourth-order valence-electron chi connectivity index (χ4n) is 2.01. The smallest absolute Gasteiger partial charge is 0.408 e. The van der Waals surface area contributed by atoms with Crippen molar-refractivity contribution in [3.05, 3.63) is 35.9 Å². The number of alkyl carbamates (subject to hydrolysis) is 1. The van der Waals surface area contributed by atoms with E-state index in [9.17, 15) is 9.59 Å². The summed E-state index contributed by atoms with van der Waals surface area (Å²) in [5.74, 6) is -0.491. The number of ether oxygens (including phenoxy) is 2. The summed E-state index contributed by atoms with van der Waals surface area (Å²) in [6, 6.07) is 9.76. The Morgan fingerprint density at radius 1 is 1.09 bits per heavy atom. The monoisotopic (exact) mass is 307 g/mol. The van der Waals surface area contributed by atoms with Crippen molar-refractivity contribution in [2.45, 2.75) is 51.7 Å². The van der Waals surface area contributed by atoms with Crippen LogP contribution in [-0.4, -0.2) is 30.3 Å². The van der Waals surface area contributed by atoms with Gasteiger partial charge in [-0.15, -0.1) is 0 Å². The number of carbonyl (C=O) groups excluding carboxylic acids is 2. The van der Waals surface area contributed by atoms with E-state index in [0.717, 1.165) is 5.56 Å². The Hall–Kier alpha value is -2.04. The maximum Gasteiger partial charge on any atom is 0.408 e. The summed E-state index contributed by atoms with van der Waals surface area (Å²) in [5, 5.41) is 2.64. The first-order valence-electron chi connectivity index (χ1n) is 7.30. The van der Waals surface area contributed by atoms with Crippen molar-refractivity contribution in [1.82, 2.24) is 5.32 Å². The molecule has 5 heteroatoms. The van der Waals surface area contributed by atoms with Crippen LogP contribution in [0.15, 0.2) is 30.3 Å². The Morgan fingerprint density at radius 3 is 2.18 bits per heavy atom. The molecule has 1 rings (SSSR count). The normalized spacial score (nSPS) is 13.9. The van der Waals surface area contributed by atoms with Crippen LogP contribution in [0.25, 0.3) is 0 Å². The molecule has 0 fully saturated rings. The molecule has 0 aromatic heterocycles. The molecular weight excluding hydrogens is 282 g/mol. The Morgan fingerprint density at radius 2 is 1.68 bits per heavy atom. The standard InChI is InChI=1S/C17H25NO4/c1-16(2,3)22-15(20)18-17(4,14(19)21-5)12-11-13-9-7-6-8-10-13/h6-10H,11-12H2,1-5H3,(H,18,20). The maximum atomic E-state index is 12.1. The average molecular weight is 307 g/mol. The number of rotatable bonds is 5. The lowest BCUT2D eigenvalue weighted by Crippen LogP contribution is -2.54. The van der Waals surface area contributed by atoms with Gasteiger partial charge < -0.3 is 14.8 Å². The Bertz CT molecular complexity index is 507. The van der Waals surface area contributed by atoms with E-state index in [1.165, 1.54) is 7.11 Å². The van der Waals surface area contributed by atoms with Crippen molar-refractivity contribution in [2.24, 2.45) is 0 Å². The van der Waals surface area contributed by atoms with Gasteiger partial charge in [-0.25, -0.2) is 9.59 Å². The molecule has 0 saturated carbocycles. The summed E-state index contributed by atoms with van der Waals surface area (Å²) in [7, 11) is 1.31. The predicted molar refractivity (Wildman–Crippen MR) is 84.6 cm³/mol. The zero-order valence-electron chi connectivity index (χ0n) is 13.9. The summed E-state index contributed by atoms with van der Waals surface area (Å²) >= 11 is 0. The third-order valence-electron chi connectivity index (χ3n) is 3.17. The van der Waals surface area contributed by atoms with Crippen molar-refractivity contribution in [2.75, 3.05) is 7.11 Å². The SMILES string of the molecule is COC(=O)C(C)(CCc1ccccc1)NC(=O)OC(C)(C)C. The van der Waals surface area contributed by atoms with Gasteiger partial charge in [-0.1, -0.05) is 30.3 Å². The molecule has 0 spiro atoms. The molecule has 122 valence electrons. The summed E-state index contributed by atoms with van der Waals surface area (Å²) in [5.41, 5.74) is -0.670. The highest BCUT2D eigenvalue weighted by molar-refractivity contribution is 5.85. The molecule has 1 atom stereocenters. The molecule has 0 radical (unpaired) electrons. The molecule has 5 nitrogen and oxygen atoms in total. The number of aryl methyl sites for hydroxylation is 1. The van der Waals surface area contributed by atoms with Crippen molar-refractivity contribution < 1.29 is 19.1 Å². The zero-order valence-corrected chi connectivity index (χ0v) is 13.9. The fraction of sp³-hybridized carbons (Fsp3) is 0.529. The van der Waals surface area contributed by atoms with Gasteiger partial charge in [0.25, 0.3) is 0 Å². The number of esters is 1. The lowest BCUT2D eigenvalue weighted by atomic mass is 9.93. The summed E-state index contributed by atoms with van der Waals surface area (Å²) < 4.78 is 10.0. The van der Waals surface area contributed by atoms with Gasteiger partial charge in [0.1, 0.15) is 11.1 Å². The van der Waals surface area contributed by atoms with Gasteiger partial charge in [0.15, 0.2) is 0 Å². The summed E-state index contributed by atoms with van der Waals surface area (Å²) in [4.78, 5) is 24.0. The van der Waals surface area contributed by atoms with E-state index in [0.29, 0.717) is 12.8 Å². The van der Waals surface area contributed by atoms with Crippen LogP contribution in [0.1, 0.15) is 39.7 Å². The topological polar surface area (TPSA) is 64.6 Å². The van der Waals surface area contributed by atoms with Gasteiger partial charge >= 0.3 is 12.1 Å². The van der Waals surface area contributed by atoms with Crippen molar-refractivity contribution >= 4 is 12.1 Å². The van der Waals surface area contributed by atoms with Gasteiger partial charge in [0.05, 0.1) is 7.11 Å². The minimum Gasteiger partial charge on any atom is -0.467 e. The molecule has 0 heterocycles. The molecule has 1 aromatic carbocycles. The van der Waals surface area contributed by atoms with Gasteiger partial charge in [-0.2, -0.15) is 0 Å². The van der Waals surface area contributed by atoms with Gasteiger partial charge in [-0.3, -0.25) is 0 Å². The van der Waals surface area contributed by atoms with Crippen LogP contribution in [0.4, 0.5) is 4.79 Å². The molecule has 0 aliphatic heterocycles. The molecule has 0 bridgehead atoms. The minimum atomic E-state index is -1.13. The van der Waals surface area contributed by atoms with Crippen LogP contribution in [0.5, 0.6) is 0 Å². The van der Waals surface area contributed by atoms with Gasteiger partial charge in [-0.05, 0) is 46.1 Å². The number of amides is 1. The van der Waals surface area contributed by atoms with E-state index >= 15 is 0 Å². The largest absolute Gasteiger partial charge is 0.467 e. The molecule has 1 amide bonds. The van der Waals surface area contributed by atoms with Crippen LogP contribution in [0, 0.1) is 0 Å². The second-order valence-corrected chi connectivity index (χ2v) is 6.44. The van der Waals surface area contributed by atoms with Crippen molar-refractivity contribution in [1.29, 1.82) is 0 Å². The number of hydrogen-bond donors (Lipinski definition) is 1. The number of nitrogens with one attached hydrogen (secondary N) is 1. The second kappa shape index (κ2) is 7.29. The quantitative estimate of drug-likeness (QED) is 0.849. The molecule has 1 aromatic rings. The molecule has 1 unspecified atom stereocenters. The molecule has 0 aliphatic rings. The summed E-state index contributed by atoms with van der Waals surface area (Å²) in [6.07, 6.45) is 0.430. The highest BCUT2D eigenvalue weighted by Crippen LogP contribution is 2.18.